The van der Waals surface area contributed by atoms with E-state index in [2.05, 4.69) is 36.5 Å². The van der Waals surface area contributed by atoms with E-state index in [1.807, 2.05) is 31.2 Å². The minimum Gasteiger partial charge on any atom is -0.463 e. The number of hydrogen-bond donors (Lipinski definition) is 1. The van der Waals surface area contributed by atoms with Crippen LogP contribution < -0.4 is 5.32 Å². The summed E-state index contributed by atoms with van der Waals surface area (Å²) in [6, 6.07) is 16.6. The molecule has 220 valence electrons. The first-order valence-electron chi connectivity index (χ1n) is 14.6. The zero-order valence-corrected chi connectivity index (χ0v) is 24.0. The van der Waals surface area contributed by atoms with Gasteiger partial charge in [0.15, 0.2) is 0 Å². The molecule has 0 saturated carbocycles. The number of benzene rings is 2. The first-order valence-corrected chi connectivity index (χ1v) is 14.6. The molecule has 1 atom stereocenters. The van der Waals surface area contributed by atoms with Gasteiger partial charge in [-0.05, 0) is 41.5 Å². The molecule has 0 fully saturated rings. The van der Waals surface area contributed by atoms with Gasteiger partial charge >= 0.3 is 12.1 Å². The van der Waals surface area contributed by atoms with Crippen molar-refractivity contribution >= 4 is 12.1 Å². The van der Waals surface area contributed by atoms with E-state index in [0.29, 0.717) is 59.2 Å². The van der Waals surface area contributed by atoms with Crippen LogP contribution in [0.4, 0.5) is 4.79 Å². The summed E-state index contributed by atoms with van der Waals surface area (Å²) in [5.74, 6) is -0.0771. The monoisotopic (exact) mass is 555 g/mol. The van der Waals surface area contributed by atoms with Gasteiger partial charge in [0.25, 0.3) is 0 Å². The zero-order chi connectivity index (χ0) is 28.4. The smallest absolute Gasteiger partial charge is 0.407 e. The van der Waals surface area contributed by atoms with Crippen LogP contribution in [0.3, 0.4) is 0 Å². The minimum absolute atomic E-state index is 0.00742. The van der Waals surface area contributed by atoms with Crippen LogP contribution in [-0.4, -0.2) is 71.5 Å². The van der Waals surface area contributed by atoms with Crippen molar-refractivity contribution in [3.63, 3.8) is 0 Å². The Labute approximate surface area is 238 Å². The van der Waals surface area contributed by atoms with Crippen molar-refractivity contribution in [3.05, 3.63) is 59.7 Å². The van der Waals surface area contributed by atoms with Gasteiger partial charge < -0.3 is 29.0 Å². The molecule has 0 bridgehead atoms. The fourth-order valence-corrected chi connectivity index (χ4v) is 4.81. The van der Waals surface area contributed by atoms with E-state index in [4.69, 9.17) is 23.7 Å². The summed E-state index contributed by atoms with van der Waals surface area (Å²) in [6.07, 6.45) is 4.09. The van der Waals surface area contributed by atoms with E-state index in [0.717, 1.165) is 25.7 Å². The molecule has 8 heteroatoms. The number of amides is 1. The van der Waals surface area contributed by atoms with E-state index in [9.17, 15) is 9.59 Å². The van der Waals surface area contributed by atoms with E-state index in [-0.39, 0.29) is 24.4 Å². The van der Waals surface area contributed by atoms with Crippen molar-refractivity contribution in [2.45, 2.75) is 51.9 Å². The molecule has 0 aromatic heterocycles. The van der Waals surface area contributed by atoms with Crippen LogP contribution in [0.25, 0.3) is 11.1 Å². The largest absolute Gasteiger partial charge is 0.463 e. The maximum Gasteiger partial charge on any atom is 0.407 e. The van der Waals surface area contributed by atoms with Gasteiger partial charge in [-0.15, -0.1) is 0 Å². The van der Waals surface area contributed by atoms with Gasteiger partial charge in [-0.25, -0.2) is 4.79 Å². The lowest BCUT2D eigenvalue weighted by molar-refractivity contribution is -0.150. The molecule has 1 aliphatic rings. The Bertz CT molecular complexity index is 982. The lowest BCUT2D eigenvalue weighted by Crippen LogP contribution is -2.27. The van der Waals surface area contributed by atoms with Crippen molar-refractivity contribution in [2.24, 2.45) is 5.92 Å². The lowest BCUT2D eigenvalue weighted by atomic mass is 9.98. The van der Waals surface area contributed by atoms with Crippen LogP contribution in [-0.2, 0) is 28.5 Å². The number of rotatable bonds is 20. The standard InChI is InChI=1S/C32H45NO7/c1-3-5-11-25(4-2)31(34)39-23-22-38-21-20-37-19-18-36-17-10-16-33-32(35)40-24-30-28-14-8-6-12-26(28)27-13-7-9-15-29(27)30/h6-9,12-15,25,30H,3-5,10-11,16-24H2,1-2H3,(H,33,35). The number of nitrogens with one attached hydrogen (secondary N) is 1. The van der Waals surface area contributed by atoms with E-state index in [1.54, 1.807) is 0 Å². The first kappa shape index (κ1) is 31.6. The molecule has 0 aliphatic heterocycles. The predicted octanol–water partition coefficient (Wildman–Crippen LogP) is 5.72. The van der Waals surface area contributed by atoms with Crippen molar-refractivity contribution in [2.75, 3.05) is 59.4 Å². The predicted molar refractivity (Wildman–Crippen MR) is 154 cm³/mol. The van der Waals surface area contributed by atoms with Crippen LogP contribution in [0, 0.1) is 5.92 Å². The van der Waals surface area contributed by atoms with E-state index >= 15 is 0 Å². The van der Waals surface area contributed by atoms with Gasteiger partial charge in [0.05, 0.1) is 39.0 Å². The molecule has 0 heterocycles. The maximum absolute atomic E-state index is 12.2. The third kappa shape index (κ3) is 10.2. The summed E-state index contributed by atoms with van der Waals surface area (Å²) >= 11 is 0. The van der Waals surface area contributed by atoms with Crippen LogP contribution >= 0.6 is 0 Å². The molecule has 2 aromatic rings. The van der Waals surface area contributed by atoms with Crippen molar-refractivity contribution in [1.82, 2.24) is 5.32 Å². The number of carbonyl (C=O) groups is 2. The second-order valence-electron chi connectivity index (χ2n) is 9.86. The Kier molecular flexibility index (Phi) is 14.5. The summed E-state index contributed by atoms with van der Waals surface area (Å²) in [7, 11) is 0. The molecule has 0 spiro atoms. The van der Waals surface area contributed by atoms with Crippen LogP contribution in [0.2, 0.25) is 0 Å². The van der Waals surface area contributed by atoms with Crippen molar-refractivity contribution < 1.29 is 33.3 Å². The van der Waals surface area contributed by atoms with Crippen molar-refractivity contribution in [3.8, 4) is 11.1 Å². The molecule has 2 aromatic carbocycles. The minimum atomic E-state index is -0.415. The van der Waals surface area contributed by atoms with Gasteiger partial charge in [0.1, 0.15) is 13.2 Å². The normalized spacial score (nSPS) is 12.9. The SMILES string of the molecule is CCCCC(CC)C(=O)OCCOCCOCCOCCCNC(=O)OCC1c2ccccc2-c2ccccc21. The van der Waals surface area contributed by atoms with Crippen LogP contribution in [0.15, 0.2) is 48.5 Å². The number of hydrogen-bond acceptors (Lipinski definition) is 7. The fourth-order valence-electron chi connectivity index (χ4n) is 4.81. The van der Waals surface area contributed by atoms with Gasteiger partial charge in [0, 0.05) is 19.1 Å². The molecule has 1 unspecified atom stereocenters. The van der Waals surface area contributed by atoms with Crippen LogP contribution in [0.1, 0.15) is 63.0 Å². The van der Waals surface area contributed by atoms with Gasteiger partial charge in [0.2, 0.25) is 0 Å². The molecular formula is C32H45NO7. The Morgan fingerprint density at radius 2 is 1.32 bits per heavy atom. The van der Waals surface area contributed by atoms with Gasteiger partial charge in [-0.2, -0.15) is 0 Å². The molecule has 3 rings (SSSR count). The summed E-state index contributed by atoms with van der Waals surface area (Å²) in [6.45, 7) is 7.91. The lowest BCUT2D eigenvalue weighted by Gasteiger charge is -2.14. The second-order valence-corrected chi connectivity index (χ2v) is 9.86. The Hall–Kier alpha value is -2.94. The highest BCUT2D eigenvalue weighted by Gasteiger charge is 2.28. The Morgan fingerprint density at radius 3 is 1.93 bits per heavy atom. The molecule has 1 N–H and O–H groups in total. The fraction of sp³-hybridized carbons (Fsp3) is 0.562. The Morgan fingerprint density at radius 1 is 0.750 bits per heavy atom. The number of esters is 1. The third-order valence-electron chi connectivity index (χ3n) is 7.03. The second kappa shape index (κ2) is 18.4. The maximum atomic E-state index is 12.2. The zero-order valence-electron chi connectivity index (χ0n) is 24.0. The average molecular weight is 556 g/mol. The summed E-state index contributed by atoms with van der Waals surface area (Å²) < 4.78 is 27.3. The van der Waals surface area contributed by atoms with Crippen molar-refractivity contribution in [1.29, 1.82) is 0 Å². The molecule has 1 aliphatic carbocycles. The average Bonchev–Trinajstić information content (AvgIpc) is 3.30. The molecule has 0 radical (unpaired) electrons. The first-order chi connectivity index (χ1) is 19.7. The highest BCUT2D eigenvalue weighted by atomic mass is 16.6. The highest BCUT2D eigenvalue weighted by Crippen LogP contribution is 2.44. The number of fused-ring (bicyclic) bond motifs is 3. The van der Waals surface area contributed by atoms with E-state index in [1.165, 1.54) is 22.3 Å². The number of unbranched alkanes of at least 4 members (excludes halogenated alkanes) is 1. The number of alkyl carbamates (subject to hydrolysis) is 1. The highest BCUT2D eigenvalue weighted by molar-refractivity contribution is 5.79. The van der Waals surface area contributed by atoms with Crippen LogP contribution in [0.5, 0.6) is 0 Å². The topological polar surface area (TPSA) is 92.3 Å². The summed E-state index contributed by atoms with van der Waals surface area (Å²) in [5.41, 5.74) is 4.81. The molecule has 8 nitrogen and oxygen atoms in total. The quantitative estimate of drug-likeness (QED) is 0.165. The molecule has 1 amide bonds. The number of ether oxygens (including phenoxy) is 5. The molecular weight excluding hydrogens is 510 g/mol. The number of carbonyl (C=O) groups excluding carboxylic acids is 2. The van der Waals surface area contributed by atoms with Gasteiger partial charge in [-0.1, -0.05) is 75.2 Å². The molecule has 0 saturated heterocycles. The Balaban J connectivity index is 1.13. The summed E-state index contributed by atoms with van der Waals surface area (Å²) in [4.78, 5) is 24.2. The van der Waals surface area contributed by atoms with E-state index < -0.39 is 6.09 Å². The van der Waals surface area contributed by atoms with Gasteiger partial charge in [-0.3, -0.25) is 4.79 Å². The molecule has 40 heavy (non-hydrogen) atoms. The summed E-state index contributed by atoms with van der Waals surface area (Å²) in [5, 5.41) is 2.79. The third-order valence-corrected chi connectivity index (χ3v) is 7.03.